The van der Waals surface area contributed by atoms with Crippen LogP contribution in [0.1, 0.15) is 30.4 Å². The van der Waals surface area contributed by atoms with Crippen molar-refractivity contribution >= 4 is 24.0 Å². The second-order valence-electron chi connectivity index (χ2n) is 6.74. The number of halogens is 2. The minimum Gasteiger partial charge on any atom is -0.399 e. The summed E-state index contributed by atoms with van der Waals surface area (Å²) in [4.78, 5) is 14.6. The Hall–Kier alpha value is -2.11. The fourth-order valence-corrected chi connectivity index (χ4v) is 3.31. The molecular formula is C21H26ClFN2O2. The Labute approximate surface area is 165 Å². The van der Waals surface area contributed by atoms with E-state index in [-0.39, 0.29) is 30.2 Å². The molecule has 27 heavy (non-hydrogen) atoms. The van der Waals surface area contributed by atoms with Gasteiger partial charge in [0, 0.05) is 31.8 Å². The molecule has 0 spiro atoms. The molecule has 2 aromatic rings. The maximum absolute atomic E-state index is 13.5. The highest BCUT2D eigenvalue weighted by molar-refractivity contribution is 5.85. The monoisotopic (exact) mass is 392 g/mol. The van der Waals surface area contributed by atoms with Gasteiger partial charge in [0.05, 0.1) is 6.10 Å². The van der Waals surface area contributed by atoms with Crippen LogP contribution in [0.3, 0.4) is 0 Å². The lowest BCUT2D eigenvalue weighted by molar-refractivity contribution is -0.133. The summed E-state index contributed by atoms with van der Waals surface area (Å²) in [6.07, 6.45) is 3.01. The number of nitrogens with zero attached hydrogens (tertiary/aromatic N) is 1. The summed E-state index contributed by atoms with van der Waals surface area (Å²) < 4.78 is 19.2. The van der Waals surface area contributed by atoms with E-state index in [1.165, 1.54) is 12.1 Å². The van der Waals surface area contributed by atoms with Crippen molar-refractivity contribution in [2.24, 2.45) is 0 Å². The number of ether oxygens (including phenoxy) is 1. The zero-order valence-corrected chi connectivity index (χ0v) is 16.1. The number of aryl methyl sites for hydroxylation is 1. The molecule has 1 aliphatic heterocycles. The van der Waals surface area contributed by atoms with Crippen molar-refractivity contribution < 1.29 is 13.9 Å². The minimum atomic E-state index is -0.288. The number of nitrogens with two attached hydrogens (primary N) is 1. The maximum atomic E-state index is 13.5. The van der Waals surface area contributed by atoms with Gasteiger partial charge in [0.25, 0.3) is 0 Å². The topological polar surface area (TPSA) is 55.6 Å². The van der Waals surface area contributed by atoms with Crippen molar-refractivity contribution in [3.05, 3.63) is 65.5 Å². The third-order valence-electron chi connectivity index (χ3n) is 4.73. The third kappa shape index (κ3) is 6.22. The van der Waals surface area contributed by atoms with E-state index in [4.69, 9.17) is 10.5 Å². The fourth-order valence-electron chi connectivity index (χ4n) is 3.31. The van der Waals surface area contributed by atoms with Crippen molar-refractivity contribution in [1.82, 2.24) is 4.90 Å². The summed E-state index contributed by atoms with van der Waals surface area (Å²) in [5, 5.41) is 0. The van der Waals surface area contributed by atoms with Crippen LogP contribution in [-0.4, -0.2) is 30.1 Å². The summed E-state index contributed by atoms with van der Waals surface area (Å²) in [5.41, 5.74) is 8.44. The summed E-state index contributed by atoms with van der Waals surface area (Å²) in [6, 6.07) is 14.0. The molecule has 1 heterocycles. The first-order valence-electron chi connectivity index (χ1n) is 9.09. The van der Waals surface area contributed by atoms with Crippen molar-refractivity contribution in [3.8, 4) is 0 Å². The van der Waals surface area contributed by atoms with Gasteiger partial charge in [0.2, 0.25) is 5.91 Å². The Balaban J connectivity index is 0.00000261. The highest BCUT2D eigenvalue weighted by Crippen LogP contribution is 2.18. The molecule has 4 nitrogen and oxygen atoms in total. The lowest BCUT2D eigenvalue weighted by Crippen LogP contribution is -2.37. The van der Waals surface area contributed by atoms with Gasteiger partial charge in [-0.15, -0.1) is 12.4 Å². The predicted molar refractivity (Wildman–Crippen MR) is 107 cm³/mol. The number of benzene rings is 2. The van der Waals surface area contributed by atoms with E-state index in [1.807, 2.05) is 30.3 Å². The molecule has 1 unspecified atom stereocenters. The number of carbonyl (C=O) groups excluding carboxylic acids is 1. The number of nitrogen functional groups attached to an aromatic ring is 1. The first-order valence-corrected chi connectivity index (χ1v) is 9.09. The number of hydrogen-bond donors (Lipinski definition) is 1. The lowest BCUT2D eigenvalue weighted by Gasteiger charge is -2.26. The van der Waals surface area contributed by atoms with Crippen molar-refractivity contribution in [2.45, 2.75) is 38.3 Å². The van der Waals surface area contributed by atoms with Crippen LogP contribution >= 0.6 is 12.4 Å². The van der Waals surface area contributed by atoms with Crippen LogP contribution in [0.15, 0.2) is 48.5 Å². The van der Waals surface area contributed by atoms with Crippen molar-refractivity contribution in [1.29, 1.82) is 0 Å². The second-order valence-corrected chi connectivity index (χ2v) is 6.74. The van der Waals surface area contributed by atoms with Crippen molar-refractivity contribution in [2.75, 3.05) is 18.9 Å². The van der Waals surface area contributed by atoms with Crippen LogP contribution in [-0.2, 0) is 22.5 Å². The molecule has 0 bridgehead atoms. The first-order chi connectivity index (χ1) is 12.6. The van der Waals surface area contributed by atoms with E-state index in [0.717, 1.165) is 30.6 Å². The van der Waals surface area contributed by atoms with Gasteiger partial charge in [-0.05, 0) is 48.6 Å². The number of carbonyl (C=O) groups is 1. The number of hydrogen-bond acceptors (Lipinski definition) is 3. The van der Waals surface area contributed by atoms with Gasteiger partial charge in [0.1, 0.15) is 5.82 Å². The molecule has 2 aromatic carbocycles. The fraction of sp³-hybridized carbons (Fsp3) is 0.381. The summed E-state index contributed by atoms with van der Waals surface area (Å²) in [5.74, 6) is -0.253. The molecule has 1 amide bonds. The molecule has 0 aliphatic carbocycles. The van der Waals surface area contributed by atoms with Gasteiger partial charge in [-0.1, -0.05) is 30.3 Å². The lowest BCUT2D eigenvalue weighted by atomic mass is 10.1. The molecule has 1 aliphatic rings. The van der Waals surface area contributed by atoms with Gasteiger partial charge in [-0.25, -0.2) is 4.39 Å². The molecule has 0 radical (unpaired) electrons. The SMILES string of the molecule is Cl.Nc1ccccc1CCC(=O)N(Cc1cccc(F)c1)CC1CCCO1. The van der Waals surface area contributed by atoms with Crippen LogP contribution in [0.5, 0.6) is 0 Å². The summed E-state index contributed by atoms with van der Waals surface area (Å²) >= 11 is 0. The first kappa shape index (κ1) is 21.2. The van der Waals surface area contributed by atoms with Gasteiger partial charge in [0.15, 0.2) is 0 Å². The number of amides is 1. The second kappa shape index (κ2) is 10.3. The summed E-state index contributed by atoms with van der Waals surface area (Å²) in [7, 11) is 0. The minimum absolute atomic E-state index is 0. The quantitative estimate of drug-likeness (QED) is 0.725. The average molecular weight is 393 g/mol. The average Bonchev–Trinajstić information content (AvgIpc) is 3.13. The van der Waals surface area contributed by atoms with E-state index in [1.54, 1.807) is 11.0 Å². The Bertz CT molecular complexity index is 750. The standard InChI is InChI=1S/C21H25FN2O2.ClH/c22-18-7-3-5-16(13-18)14-24(15-19-8-4-12-26-19)21(25)11-10-17-6-1-2-9-20(17)23;/h1-3,5-7,9,13,19H,4,8,10-12,14-15,23H2;1H. The molecule has 0 saturated carbocycles. The highest BCUT2D eigenvalue weighted by atomic mass is 35.5. The van der Waals surface area contributed by atoms with E-state index >= 15 is 0 Å². The molecule has 1 saturated heterocycles. The number of rotatable bonds is 7. The number of anilines is 1. The Morgan fingerprint density at radius 1 is 1.22 bits per heavy atom. The molecule has 146 valence electrons. The Kier molecular flexibility index (Phi) is 8.07. The van der Waals surface area contributed by atoms with Crippen LogP contribution < -0.4 is 5.73 Å². The highest BCUT2D eigenvalue weighted by Gasteiger charge is 2.23. The van der Waals surface area contributed by atoms with Crippen molar-refractivity contribution in [3.63, 3.8) is 0 Å². The van der Waals surface area contributed by atoms with Crippen LogP contribution in [0.25, 0.3) is 0 Å². The third-order valence-corrected chi connectivity index (χ3v) is 4.73. The molecule has 3 rings (SSSR count). The molecule has 1 fully saturated rings. The zero-order valence-electron chi connectivity index (χ0n) is 15.3. The van der Waals surface area contributed by atoms with Gasteiger partial charge >= 0.3 is 0 Å². The summed E-state index contributed by atoms with van der Waals surface area (Å²) in [6.45, 7) is 1.67. The number of para-hydroxylation sites is 1. The van der Waals surface area contributed by atoms with Crippen LogP contribution in [0, 0.1) is 5.82 Å². The normalized spacial score (nSPS) is 16.0. The molecule has 1 atom stereocenters. The zero-order chi connectivity index (χ0) is 18.4. The van der Waals surface area contributed by atoms with E-state index in [2.05, 4.69) is 0 Å². The van der Waals surface area contributed by atoms with E-state index < -0.39 is 0 Å². The van der Waals surface area contributed by atoms with Crippen LogP contribution in [0.2, 0.25) is 0 Å². The maximum Gasteiger partial charge on any atom is 0.223 e. The molecule has 2 N–H and O–H groups in total. The molecule has 0 aromatic heterocycles. The van der Waals surface area contributed by atoms with E-state index in [9.17, 15) is 9.18 Å². The van der Waals surface area contributed by atoms with E-state index in [0.29, 0.717) is 31.6 Å². The molecule has 6 heteroatoms. The molecular weight excluding hydrogens is 367 g/mol. The van der Waals surface area contributed by atoms with Gasteiger partial charge < -0.3 is 15.4 Å². The predicted octanol–water partition coefficient (Wildman–Crippen LogP) is 3.97. The Morgan fingerprint density at radius 2 is 2.04 bits per heavy atom. The largest absolute Gasteiger partial charge is 0.399 e. The van der Waals surface area contributed by atoms with Gasteiger partial charge in [-0.3, -0.25) is 4.79 Å². The smallest absolute Gasteiger partial charge is 0.223 e. The Morgan fingerprint density at radius 3 is 2.74 bits per heavy atom. The van der Waals surface area contributed by atoms with Crippen LogP contribution in [0.4, 0.5) is 10.1 Å². The van der Waals surface area contributed by atoms with Gasteiger partial charge in [-0.2, -0.15) is 0 Å².